The molecule has 0 aliphatic rings. The van der Waals surface area contributed by atoms with Crippen LogP contribution in [0.2, 0.25) is 0 Å². The standard InChI is InChI=1S/C25H25N5O3/c1-16(2)12-21(26)25(32)29-23-14-20(24(31)30-33)13-22(28-23)19-9-7-17(8-10-19)5-6-18-4-3-11-27-15-18/h3-4,7-11,13-16,21,33H,12,26H2,1-2H3,(H,30,31)(H,28,29,32)/t21-/m0/s1. The van der Waals surface area contributed by atoms with Crippen molar-refractivity contribution >= 4 is 17.6 Å². The van der Waals surface area contributed by atoms with Gasteiger partial charge in [-0.3, -0.25) is 19.8 Å². The molecule has 0 bridgehead atoms. The second kappa shape index (κ2) is 11.0. The van der Waals surface area contributed by atoms with Crippen molar-refractivity contribution in [2.45, 2.75) is 26.3 Å². The lowest BCUT2D eigenvalue weighted by Crippen LogP contribution is -2.37. The van der Waals surface area contributed by atoms with Crippen LogP contribution in [0.4, 0.5) is 5.82 Å². The van der Waals surface area contributed by atoms with Crippen molar-refractivity contribution in [3.8, 4) is 23.1 Å². The van der Waals surface area contributed by atoms with E-state index in [1.54, 1.807) is 17.9 Å². The molecule has 0 saturated heterocycles. The molecule has 0 radical (unpaired) electrons. The molecule has 2 amide bonds. The van der Waals surface area contributed by atoms with Gasteiger partial charge in [0.05, 0.1) is 11.7 Å². The lowest BCUT2D eigenvalue weighted by Gasteiger charge is -2.15. The number of nitrogens with one attached hydrogen (secondary N) is 2. The van der Waals surface area contributed by atoms with Crippen molar-refractivity contribution in [1.82, 2.24) is 15.4 Å². The summed E-state index contributed by atoms with van der Waals surface area (Å²) in [5.41, 5.74) is 10.4. The molecule has 1 aromatic carbocycles. The van der Waals surface area contributed by atoms with E-state index < -0.39 is 17.9 Å². The summed E-state index contributed by atoms with van der Waals surface area (Å²) in [6.07, 6.45) is 3.88. The van der Waals surface area contributed by atoms with Crippen LogP contribution >= 0.6 is 0 Å². The van der Waals surface area contributed by atoms with E-state index >= 15 is 0 Å². The van der Waals surface area contributed by atoms with Gasteiger partial charge in [0.1, 0.15) is 5.82 Å². The summed E-state index contributed by atoms with van der Waals surface area (Å²) in [5.74, 6) is 5.40. The lowest BCUT2D eigenvalue weighted by molar-refractivity contribution is -0.117. The number of benzene rings is 1. The Balaban J connectivity index is 1.87. The minimum Gasteiger partial charge on any atom is -0.320 e. The Morgan fingerprint density at radius 3 is 2.45 bits per heavy atom. The zero-order chi connectivity index (χ0) is 23.8. The van der Waals surface area contributed by atoms with Crippen LogP contribution in [0.3, 0.4) is 0 Å². The van der Waals surface area contributed by atoms with Crippen LogP contribution in [0.15, 0.2) is 60.9 Å². The number of aromatic nitrogens is 2. The van der Waals surface area contributed by atoms with Crippen LogP contribution in [0.25, 0.3) is 11.3 Å². The van der Waals surface area contributed by atoms with Crippen LogP contribution in [-0.2, 0) is 4.79 Å². The average Bonchev–Trinajstić information content (AvgIpc) is 2.82. The summed E-state index contributed by atoms with van der Waals surface area (Å²) in [6, 6.07) is 13.2. The summed E-state index contributed by atoms with van der Waals surface area (Å²) < 4.78 is 0. The highest BCUT2D eigenvalue weighted by Crippen LogP contribution is 2.22. The van der Waals surface area contributed by atoms with E-state index in [-0.39, 0.29) is 17.3 Å². The van der Waals surface area contributed by atoms with Crippen molar-refractivity contribution in [1.29, 1.82) is 0 Å². The maximum Gasteiger partial charge on any atom is 0.274 e. The molecule has 0 unspecified atom stereocenters. The number of carbonyl (C=O) groups excluding carboxylic acids is 2. The first kappa shape index (κ1) is 23.6. The van der Waals surface area contributed by atoms with E-state index in [1.807, 2.05) is 50.2 Å². The Hall–Kier alpha value is -4.06. The van der Waals surface area contributed by atoms with Gasteiger partial charge in [0, 0.05) is 34.6 Å². The molecule has 5 N–H and O–H groups in total. The van der Waals surface area contributed by atoms with E-state index in [2.05, 4.69) is 27.1 Å². The lowest BCUT2D eigenvalue weighted by atomic mass is 10.0. The highest BCUT2D eigenvalue weighted by Gasteiger charge is 2.17. The molecule has 3 aromatic rings. The van der Waals surface area contributed by atoms with Crippen molar-refractivity contribution in [2.75, 3.05) is 5.32 Å². The SMILES string of the molecule is CC(C)C[C@H](N)C(=O)Nc1cc(C(=O)NO)cc(-c2ccc(C#Cc3cccnc3)cc2)n1. The molecule has 0 aliphatic carbocycles. The first-order valence-corrected chi connectivity index (χ1v) is 10.4. The Bertz CT molecular complexity index is 1180. The number of anilines is 1. The van der Waals surface area contributed by atoms with Crippen LogP contribution in [-0.4, -0.2) is 33.0 Å². The third-order valence-electron chi connectivity index (χ3n) is 4.70. The van der Waals surface area contributed by atoms with Crippen LogP contribution < -0.4 is 16.5 Å². The molecule has 3 rings (SSSR count). The molecule has 8 heteroatoms. The summed E-state index contributed by atoms with van der Waals surface area (Å²) >= 11 is 0. The summed E-state index contributed by atoms with van der Waals surface area (Å²) in [5, 5.41) is 11.7. The molecular formula is C25H25N5O3. The maximum absolute atomic E-state index is 12.4. The van der Waals surface area contributed by atoms with E-state index in [0.29, 0.717) is 17.7 Å². The number of pyridine rings is 2. The Morgan fingerprint density at radius 1 is 1.09 bits per heavy atom. The van der Waals surface area contributed by atoms with Gasteiger partial charge < -0.3 is 11.1 Å². The first-order valence-electron chi connectivity index (χ1n) is 10.4. The van der Waals surface area contributed by atoms with Gasteiger partial charge in [0.2, 0.25) is 5.91 Å². The first-order chi connectivity index (χ1) is 15.9. The summed E-state index contributed by atoms with van der Waals surface area (Å²) in [4.78, 5) is 33.0. The van der Waals surface area contributed by atoms with Crippen LogP contribution in [0.1, 0.15) is 41.8 Å². The van der Waals surface area contributed by atoms with E-state index in [0.717, 1.165) is 11.1 Å². The summed E-state index contributed by atoms with van der Waals surface area (Å²) in [6.45, 7) is 3.95. The fourth-order valence-corrected chi connectivity index (χ4v) is 3.08. The number of nitrogens with two attached hydrogens (primary N) is 1. The number of amides is 2. The zero-order valence-electron chi connectivity index (χ0n) is 18.4. The average molecular weight is 444 g/mol. The van der Waals surface area contributed by atoms with E-state index in [4.69, 9.17) is 10.9 Å². The van der Waals surface area contributed by atoms with Crippen molar-refractivity contribution in [3.05, 3.63) is 77.6 Å². The molecule has 2 heterocycles. The fourth-order valence-electron chi connectivity index (χ4n) is 3.08. The molecule has 0 fully saturated rings. The zero-order valence-corrected chi connectivity index (χ0v) is 18.4. The van der Waals surface area contributed by atoms with Gasteiger partial charge in [-0.2, -0.15) is 0 Å². The highest BCUT2D eigenvalue weighted by atomic mass is 16.5. The number of nitrogens with zero attached hydrogens (tertiary/aromatic N) is 2. The molecular weight excluding hydrogens is 418 g/mol. The van der Waals surface area contributed by atoms with Gasteiger partial charge in [-0.05, 0) is 48.7 Å². The summed E-state index contributed by atoms with van der Waals surface area (Å²) in [7, 11) is 0. The van der Waals surface area contributed by atoms with Crippen molar-refractivity contribution in [2.24, 2.45) is 11.7 Å². The Kier molecular flexibility index (Phi) is 7.86. The second-order valence-corrected chi connectivity index (χ2v) is 7.86. The number of hydrogen-bond acceptors (Lipinski definition) is 6. The minimum atomic E-state index is -0.723. The molecule has 0 aliphatic heterocycles. The largest absolute Gasteiger partial charge is 0.320 e. The minimum absolute atomic E-state index is 0.135. The molecule has 168 valence electrons. The van der Waals surface area contributed by atoms with Gasteiger partial charge in [-0.25, -0.2) is 10.5 Å². The van der Waals surface area contributed by atoms with E-state index in [9.17, 15) is 9.59 Å². The third kappa shape index (κ3) is 6.71. The van der Waals surface area contributed by atoms with Crippen molar-refractivity contribution < 1.29 is 14.8 Å². The molecule has 0 spiro atoms. The quantitative estimate of drug-likeness (QED) is 0.263. The van der Waals surface area contributed by atoms with Crippen LogP contribution in [0.5, 0.6) is 0 Å². The fraction of sp³-hybridized carbons (Fsp3) is 0.200. The highest BCUT2D eigenvalue weighted by molar-refractivity contribution is 5.98. The number of carbonyl (C=O) groups is 2. The van der Waals surface area contributed by atoms with E-state index in [1.165, 1.54) is 12.1 Å². The van der Waals surface area contributed by atoms with Crippen molar-refractivity contribution in [3.63, 3.8) is 0 Å². The predicted molar refractivity (Wildman–Crippen MR) is 125 cm³/mol. The monoisotopic (exact) mass is 443 g/mol. The van der Waals surface area contributed by atoms with Gasteiger partial charge in [0.15, 0.2) is 0 Å². The van der Waals surface area contributed by atoms with Gasteiger partial charge in [0.25, 0.3) is 5.91 Å². The molecule has 8 nitrogen and oxygen atoms in total. The predicted octanol–water partition coefficient (Wildman–Crippen LogP) is 2.97. The Labute approximate surface area is 192 Å². The topological polar surface area (TPSA) is 130 Å². The Morgan fingerprint density at radius 2 is 1.82 bits per heavy atom. The number of hydroxylamine groups is 1. The van der Waals surface area contributed by atoms with Gasteiger partial charge in [-0.15, -0.1) is 0 Å². The number of rotatable bonds is 6. The molecule has 2 aromatic heterocycles. The third-order valence-corrected chi connectivity index (χ3v) is 4.70. The van der Waals surface area contributed by atoms with Crippen LogP contribution in [0, 0.1) is 17.8 Å². The smallest absolute Gasteiger partial charge is 0.274 e. The molecule has 1 atom stereocenters. The number of hydrogen-bond donors (Lipinski definition) is 4. The maximum atomic E-state index is 12.4. The molecule has 0 saturated carbocycles. The van der Waals surface area contributed by atoms with Gasteiger partial charge in [-0.1, -0.05) is 37.8 Å². The second-order valence-electron chi connectivity index (χ2n) is 7.86. The molecule has 33 heavy (non-hydrogen) atoms. The normalized spacial score (nSPS) is 11.3. The van der Waals surface area contributed by atoms with Gasteiger partial charge >= 0.3 is 0 Å².